The summed E-state index contributed by atoms with van der Waals surface area (Å²) < 4.78 is 0. The normalized spacial score (nSPS) is 18.8. The quantitative estimate of drug-likeness (QED) is 0.395. The van der Waals surface area contributed by atoms with Gasteiger partial charge >= 0.3 is 6.03 Å². The second-order valence-corrected chi connectivity index (χ2v) is 11.0. The number of carbonyl (C=O) groups excluding carboxylic acids is 3. The molecule has 5 rings (SSSR count). The SMILES string of the molecule is C=Nc1cccc(CN2C[C@H]3N(C(=O)CN(C)N3C(=O)NCc3ccccc3)[C@@H](Cc3ccc(O)cc3)C2=O)c1N(C)C. The van der Waals surface area contributed by atoms with Crippen LogP contribution in [0.3, 0.4) is 0 Å². The van der Waals surface area contributed by atoms with Crippen molar-refractivity contribution < 1.29 is 19.5 Å². The van der Waals surface area contributed by atoms with Crippen LogP contribution in [0, 0.1) is 0 Å². The van der Waals surface area contributed by atoms with Crippen LogP contribution in [0.1, 0.15) is 16.7 Å². The molecule has 0 spiro atoms. The third-order valence-electron chi connectivity index (χ3n) is 7.88. The number of urea groups is 1. The van der Waals surface area contributed by atoms with Crippen LogP contribution < -0.4 is 10.2 Å². The van der Waals surface area contributed by atoms with Crippen LogP contribution in [0.15, 0.2) is 77.8 Å². The van der Waals surface area contributed by atoms with Gasteiger partial charge in [-0.25, -0.2) is 14.8 Å². The van der Waals surface area contributed by atoms with E-state index in [1.54, 1.807) is 51.1 Å². The van der Waals surface area contributed by atoms with Gasteiger partial charge in [-0.2, -0.15) is 0 Å². The van der Waals surface area contributed by atoms with Gasteiger partial charge < -0.3 is 25.1 Å². The number of nitrogens with one attached hydrogen (secondary N) is 1. The van der Waals surface area contributed by atoms with E-state index < -0.39 is 12.2 Å². The Kier molecular flexibility index (Phi) is 8.63. The average Bonchev–Trinajstić information content (AvgIpc) is 2.99. The van der Waals surface area contributed by atoms with Crippen molar-refractivity contribution in [1.82, 2.24) is 25.1 Å². The summed E-state index contributed by atoms with van der Waals surface area (Å²) in [5.74, 6) is -0.334. The van der Waals surface area contributed by atoms with E-state index in [1.165, 1.54) is 0 Å². The van der Waals surface area contributed by atoms with Crippen LogP contribution in [-0.4, -0.2) is 95.9 Å². The zero-order valence-electron chi connectivity index (χ0n) is 24.7. The second-order valence-electron chi connectivity index (χ2n) is 11.0. The number of para-hydroxylation sites is 1. The van der Waals surface area contributed by atoms with Crippen LogP contribution in [0.4, 0.5) is 16.2 Å². The fraction of sp³-hybridized carbons (Fsp3) is 0.312. The summed E-state index contributed by atoms with van der Waals surface area (Å²) in [5.41, 5.74) is 4.15. The molecule has 11 nitrogen and oxygen atoms in total. The number of piperazine rings is 1. The molecular formula is C32H37N7O4. The molecule has 0 radical (unpaired) electrons. The summed E-state index contributed by atoms with van der Waals surface area (Å²) in [6, 6.07) is 20.7. The van der Waals surface area contributed by atoms with Crippen molar-refractivity contribution in [3.8, 4) is 5.75 Å². The average molecular weight is 584 g/mol. The summed E-state index contributed by atoms with van der Waals surface area (Å²) in [5, 5.41) is 15.9. The van der Waals surface area contributed by atoms with Gasteiger partial charge in [-0.1, -0.05) is 54.6 Å². The van der Waals surface area contributed by atoms with E-state index in [-0.39, 0.29) is 49.7 Å². The fourth-order valence-electron chi connectivity index (χ4n) is 5.91. The lowest BCUT2D eigenvalue weighted by atomic mass is 9.98. The number of benzene rings is 3. The largest absolute Gasteiger partial charge is 0.508 e. The number of phenolic OH excluding ortho intramolecular Hbond substituents is 1. The minimum absolute atomic E-state index is 0.0492. The first-order chi connectivity index (χ1) is 20.7. The molecule has 0 aliphatic carbocycles. The summed E-state index contributed by atoms with van der Waals surface area (Å²) in [6.45, 7) is 4.35. The van der Waals surface area contributed by atoms with Crippen LogP contribution in [0.5, 0.6) is 5.75 Å². The molecule has 2 aliphatic heterocycles. The van der Waals surface area contributed by atoms with Crippen LogP contribution in [0.25, 0.3) is 0 Å². The van der Waals surface area contributed by atoms with Gasteiger partial charge in [0.05, 0.1) is 24.5 Å². The predicted molar refractivity (Wildman–Crippen MR) is 165 cm³/mol. The van der Waals surface area contributed by atoms with E-state index >= 15 is 0 Å². The number of anilines is 1. The van der Waals surface area contributed by atoms with E-state index in [1.807, 2.05) is 67.5 Å². The minimum atomic E-state index is -0.850. The van der Waals surface area contributed by atoms with Gasteiger partial charge in [0.2, 0.25) is 11.8 Å². The summed E-state index contributed by atoms with van der Waals surface area (Å²) in [4.78, 5) is 50.9. The Balaban J connectivity index is 1.50. The van der Waals surface area contributed by atoms with Gasteiger partial charge in [-0.3, -0.25) is 14.6 Å². The number of amides is 4. The van der Waals surface area contributed by atoms with E-state index in [9.17, 15) is 19.5 Å². The molecule has 224 valence electrons. The van der Waals surface area contributed by atoms with Crippen molar-refractivity contribution >= 4 is 35.9 Å². The maximum absolute atomic E-state index is 14.2. The third-order valence-corrected chi connectivity index (χ3v) is 7.88. The molecule has 2 saturated heterocycles. The number of hydrogen-bond donors (Lipinski definition) is 2. The molecule has 2 heterocycles. The molecule has 11 heteroatoms. The molecule has 2 N–H and O–H groups in total. The van der Waals surface area contributed by atoms with Crippen LogP contribution in [-0.2, 0) is 29.1 Å². The molecule has 43 heavy (non-hydrogen) atoms. The zero-order valence-corrected chi connectivity index (χ0v) is 24.7. The van der Waals surface area contributed by atoms with E-state index in [2.05, 4.69) is 17.0 Å². The molecule has 3 aromatic carbocycles. The Bertz CT molecular complexity index is 1500. The number of likely N-dealkylation sites (N-methyl/N-ethyl adjacent to an activating group) is 1. The highest BCUT2D eigenvalue weighted by atomic mass is 16.3. The Morgan fingerprint density at radius 1 is 1.02 bits per heavy atom. The van der Waals surface area contributed by atoms with Crippen molar-refractivity contribution in [3.05, 3.63) is 89.5 Å². The fourth-order valence-corrected chi connectivity index (χ4v) is 5.91. The number of fused-ring (bicyclic) bond motifs is 1. The highest BCUT2D eigenvalue weighted by molar-refractivity contribution is 5.92. The number of phenols is 1. The van der Waals surface area contributed by atoms with Gasteiger partial charge in [0.25, 0.3) is 0 Å². The molecule has 2 fully saturated rings. The van der Waals surface area contributed by atoms with Crippen LogP contribution in [0.2, 0.25) is 0 Å². The van der Waals surface area contributed by atoms with Crippen molar-refractivity contribution in [1.29, 1.82) is 0 Å². The number of rotatable bonds is 8. The number of aromatic hydroxyl groups is 1. The number of hydrogen-bond acceptors (Lipinski definition) is 7. The highest BCUT2D eigenvalue weighted by Gasteiger charge is 2.50. The van der Waals surface area contributed by atoms with Crippen LogP contribution >= 0.6 is 0 Å². The Labute approximate surface area is 251 Å². The van der Waals surface area contributed by atoms with Crippen molar-refractivity contribution in [2.75, 3.05) is 39.1 Å². The monoisotopic (exact) mass is 583 g/mol. The first-order valence-electron chi connectivity index (χ1n) is 14.1. The number of hydrazine groups is 1. The molecule has 0 bridgehead atoms. The first-order valence-corrected chi connectivity index (χ1v) is 14.1. The summed E-state index contributed by atoms with van der Waals surface area (Å²) in [7, 11) is 5.53. The molecule has 4 amide bonds. The molecular weight excluding hydrogens is 546 g/mol. The standard InChI is InChI=1S/C32H37N7O4/c1-33-26-12-8-11-24(30(26)35(2)3)19-37-20-28-38(27(31(37)42)17-22-13-15-25(40)16-14-22)29(41)21-36(4)39(28)32(43)34-18-23-9-6-5-7-10-23/h5-16,27-28,40H,1,17-21H2,2-4H3,(H,34,43)/t27-,28-/m0/s1. The first kappa shape index (κ1) is 29.6. The minimum Gasteiger partial charge on any atom is -0.508 e. The molecule has 3 aromatic rings. The van der Waals surface area contributed by atoms with E-state index in [0.717, 1.165) is 22.4 Å². The Hall–Kier alpha value is -4.90. The summed E-state index contributed by atoms with van der Waals surface area (Å²) in [6.07, 6.45) is -0.499. The molecule has 0 saturated carbocycles. The van der Waals surface area contributed by atoms with Crippen molar-refractivity contribution in [2.24, 2.45) is 4.99 Å². The maximum Gasteiger partial charge on any atom is 0.334 e. The molecule has 0 unspecified atom stereocenters. The predicted octanol–water partition coefficient (Wildman–Crippen LogP) is 2.97. The third kappa shape index (κ3) is 6.17. The topological polar surface area (TPSA) is 112 Å². The maximum atomic E-state index is 14.2. The van der Waals surface area contributed by atoms with Gasteiger partial charge in [0.15, 0.2) is 0 Å². The lowest BCUT2D eigenvalue weighted by Crippen LogP contribution is -2.76. The Morgan fingerprint density at radius 2 is 1.74 bits per heavy atom. The number of carbonyl (C=O) groups is 3. The highest BCUT2D eigenvalue weighted by Crippen LogP contribution is 2.34. The second kappa shape index (κ2) is 12.5. The Morgan fingerprint density at radius 3 is 2.42 bits per heavy atom. The number of aliphatic imine (C=N–C) groups is 1. The van der Waals surface area contributed by atoms with E-state index in [0.29, 0.717) is 12.2 Å². The van der Waals surface area contributed by atoms with Gasteiger partial charge in [-0.15, -0.1) is 0 Å². The molecule has 2 atom stereocenters. The van der Waals surface area contributed by atoms with Gasteiger partial charge in [0, 0.05) is 40.7 Å². The lowest BCUT2D eigenvalue weighted by molar-refractivity contribution is -0.187. The molecule has 2 aliphatic rings. The zero-order chi connectivity index (χ0) is 30.7. The van der Waals surface area contributed by atoms with Crippen molar-refractivity contribution in [2.45, 2.75) is 31.7 Å². The molecule has 0 aromatic heterocycles. The summed E-state index contributed by atoms with van der Waals surface area (Å²) >= 11 is 0. The smallest absolute Gasteiger partial charge is 0.334 e. The van der Waals surface area contributed by atoms with E-state index in [4.69, 9.17) is 0 Å². The number of nitrogens with zero attached hydrogens (tertiary/aromatic N) is 6. The lowest BCUT2D eigenvalue weighted by Gasteiger charge is -2.54. The van der Waals surface area contributed by atoms with Gasteiger partial charge in [-0.05, 0) is 41.6 Å². The van der Waals surface area contributed by atoms with Crippen molar-refractivity contribution in [3.63, 3.8) is 0 Å². The van der Waals surface area contributed by atoms with Gasteiger partial charge in [0.1, 0.15) is 18.0 Å².